The van der Waals surface area contributed by atoms with E-state index < -0.39 is 0 Å². The van der Waals surface area contributed by atoms with Gasteiger partial charge in [-0.3, -0.25) is 14.2 Å². The molecule has 1 atom stereocenters. The first-order valence-electron chi connectivity index (χ1n) is 9.38. The minimum Gasteiger partial charge on any atom is -0.345 e. The highest BCUT2D eigenvalue weighted by atomic mass is 16.1. The van der Waals surface area contributed by atoms with Gasteiger partial charge in [-0.1, -0.05) is 12.8 Å². The van der Waals surface area contributed by atoms with Crippen LogP contribution in [-0.2, 0) is 6.54 Å². The number of carbonyl (C=O) groups excluding carboxylic acids is 1. The van der Waals surface area contributed by atoms with Crippen molar-refractivity contribution in [2.24, 2.45) is 0 Å². The molecule has 1 unspecified atom stereocenters. The molecule has 1 aliphatic carbocycles. The Morgan fingerprint density at radius 2 is 1.84 bits per heavy atom. The van der Waals surface area contributed by atoms with Crippen molar-refractivity contribution in [3.05, 3.63) is 35.9 Å². The lowest BCUT2D eigenvalue weighted by Gasteiger charge is -2.22. The van der Waals surface area contributed by atoms with Crippen LogP contribution in [0.3, 0.4) is 0 Å². The molecule has 1 saturated carbocycles. The van der Waals surface area contributed by atoms with Crippen molar-refractivity contribution in [2.45, 2.75) is 57.2 Å². The fraction of sp³-hybridized carbons (Fsp3) is 0.611. The number of carbonyl (C=O) groups is 1. The fourth-order valence-corrected chi connectivity index (χ4v) is 3.83. The molecule has 1 aliphatic heterocycles. The van der Waals surface area contributed by atoms with E-state index in [2.05, 4.69) is 25.5 Å². The summed E-state index contributed by atoms with van der Waals surface area (Å²) in [5.41, 5.74) is 1.37. The number of aromatic nitrogens is 4. The summed E-state index contributed by atoms with van der Waals surface area (Å²) in [6.45, 7) is 2.43. The summed E-state index contributed by atoms with van der Waals surface area (Å²) in [7, 11) is 0. The van der Waals surface area contributed by atoms with Crippen molar-refractivity contribution < 1.29 is 4.79 Å². The highest BCUT2D eigenvalue weighted by molar-refractivity contribution is 5.92. The summed E-state index contributed by atoms with van der Waals surface area (Å²) >= 11 is 0. The Bertz CT molecular complexity index is 709. The van der Waals surface area contributed by atoms with E-state index in [4.69, 9.17) is 0 Å². The second-order valence-electron chi connectivity index (χ2n) is 7.09. The van der Waals surface area contributed by atoms with Gasteiger partial charge in [0, 0.05) is 18.9 Å². The van der Waals surface area contributed by atoms with Crippen molar-refractivity contribution in [2.75, 3.05) is 13.1 Å². The van der Waals surface area contributed by atoms with E-state index in [1.165, 1.54) is 25.7 Å². The molecular weight excluding hydrogens is 316 g/mol. The smallest absolute Gasteiger partial charge is 0.272 e. The van der Waals surface area contributed by atoms with Crippen molar-refractivity contribution in [1.82, 2.24) is 30.2 Å². The lowest BCUT2D eigenvalue weighted by Crippen LogP contribution is -2.32. The highest BCUT2D eigenvalue weighted by Crippen LogP contribution is 2.28. The van der Waals surface area contributed by atoms with Crippen LogP contribution in [0.2, 0.25) is 0 Å². The molecule has 2 aliphatic rings. The average Bonchev–Trinajstić information content (AvgIpc) is 3.41. The van der Waals surface area contributed by atoms with Gasteiger partial charge in [-0.05, 0) is 44.4 Å². The second kappa shape index (κ2) is 7.39. The van der Waals surface area contributed by atoms with Crippen LogP contribution in [0.1, 0.15) is 66.8 Å². The van der Waals surface area contributed by atoms with Gasteiger partial charge in [-0.15, -0.1) is 0 Å². The molecule has 2 fully saturated rings. The van der Waals surface area contributed by atoms with E-state index in [1.807, 2.05) is 23.1 Å². The first-order valence-corrected chi connectivity index (χ1v) is 9.38. The number of amides is 1. The van der Waals surface area contributed by atoms with Gasteiger partial charge < -0.3 is 10.6 Å². The zero-order valence-corrected chi connectivity index (χ0v) is 14.5. The van der Waals surface area contributed by atoms with Crippen LogP contribution >= 0.6 is 0 Å². The Labute approximate surface area is 147 Å². The van der Waals surface area contributed by atoms with E-state index in [1.54, 1.807) is 6.07 Å². The molecule has 4 rings (SSSR count). The van der Waals surface area contributed by atoms with Crippen LogP contribution in [-0.4, -0.2) is 38.6 Å². The quantitative estimate of drug-likeness (QED) is 0.872. The van der Waals surface area contributed by atoms with Crippen molar-refractivity contribution in [3.63, 3.8) is 0 Å². The third-order valence-corrected chi connectivity index (χ3v) is 5.28. The molecular formula is C18H26N6O. The Balaban J connectivity index is 1.32. The number of hydrogen-bond donors (Lipinski definition) is 2. The van der Waals surface area contributed by atoms with Crippen molar-refractivity contribution >= 4 is 5.91 Å². The van der Waals surface area contributed by atoms with E-state index >= 15 is 0 Å². The van der Waals surface area contributed by atoms with E-state index in [9.17, 15) is 4.79 Å². The summed E-state index contributed by atoms with van der Waals surface area (Å²) in [6, 6.07) is 4.66. The molecule has 0 aromatic carbocycles. The molecule has 0 spiro atoms. The third kappa shape index (κ3) is 3.76. The normalized spacial score (nSPS) is 21.5. The lowest BCUT2D eigenvalue weighted by molar-refractivity contribution is 0.0944. The molecule has 7 heteroatoms. The van der Waals surface area contributed by atoms with Crippen LogP contribution in [0, 0.1) is 0 Å². The van der Waals surface area contributed by atoms with Crippen LogP contribution in [0.4, 0.5) is 0 Å². The van der Waals surface area contributed by atoms with E-state index in [-0.39, 0.29) is 5.91 Å². The molecule has 134 valence electrons. The number of nitrogens with one attached hydrogen (secondary N) is 2. The molecule has 1 amide bonds. The highest BCUT2D eigenvalue weighted by Gasteiger charge is 2.19. The number of rotatable bonds is 5. The van der Waals surface area contributed by atoms with Crippen LogP contribution in [0.25, 0.3) is 0 Å². The largest absolute Gasteiger partial charge is 0.345 e. The molecule has 1 saturated heterocycles. The molecule has 0 radical (unpaired) electrons. The van der Waals surface area contributed by atoms with Crippen LogP contribution in [0.5, 0.6) is 0 Å². The summed E-state index contributed by atoms with van der Waals surface area (Å²) in [6.07, 6.45) is 11.2. The molecule has 2 aromatic heterocycles. The van der Waals surface area contributed by atoms with Gasteiger partial charge in [0.15, 0.2) is 0 Å². The maximum atomic E-state index is 12.3. The monoisotopic (exact) mass is 342 g/mol. The first-order chi connectivity index (χ1) is 12.3. The average molecular weight is 342 g/mol. The predicted octanol–water partition coefficient (Wildman–Crippen LogP) is 2.05. The van der Waals surface area contributed by atoms with Gasteiger partial charge in [0.2, 0.25) is 0 Å². The number of hydrogen-bond acceptors (Lipinski definition) is 4. The van der Waals surface area contributed by atoms with E-state index in [0.29, 0.717) is 24.3 Å². The summed E-state index contributed by atoms with van der Waals surface area (Å²) in [5.74, 6) is -0.141. The SMILES string of the molecule is O=C(NCc1ccn(C2CCCC2)n1)c1ccn(C2CCCNC2)n1. The minimum atomic E-state index is -0.141. The maximum absolute atomic E-state index is 12.3. The third-order valence-electron chi connectivity index (χ3n) is 5.28. The van der Waals surface area contributed by atoms with Gasteiger partial charge in [0.1, 0.15) is 5.69 Å². The van der Waals surface area contributed by atoms with Crippen LogP contribution in [0.15, 0.2) is 24.5 Å². The van der Waals surface area contributed by atoms with Gasteiger partial charge >= 0.3 is 0 Å². The van der Waals surface area contributed by atoms with Gasteiger partial charge in [0.25, 0.3) is 5.91 Å². The standard InChI is InChI=1S/C18H26N6O/c25-18(17-8-11-24(22-17)16-6-3-9-19-13-16)20-12-14-7-10-23(21-14)15-4-1-2-5-15/h7-8,10-11,15-16,19H,1-6,9,12-13H2,(H,20,25). The second-order valence-corrected chi connectivity index (χ2v) is 7.09. The Hall–Kier alpha value is -2.15. The fourth-order valence-electron chi connectivity index (χ4n) is 3.83. The topological polar surface area (TPSA) is 76.8 Å². The minimum absolute atomic E-state index is 0.141. The first kappa shape index (κ1) is 16.3. The Morgan fingerprint density at radius 1 is 1.08 bits per heavy atom. The molecule has 3 heterocycles. The Kier molecular flexibility index (Phi) is 4.83. The van der Waals surface area contributed by atoms with Crippen molar-refractivity contribution in [1.29, 1.82) is 0 Å². The van der Waals surface area contributed by atoms with Gasteiger partial charge in [-0.2, -0.15) is 10.2 Å². The molecule has 7 nitrogen and oxygen atoms in total. The number of nitrogens with zero attached hydrogens (tertiary/aromatic N) is 4. The zero-order chi connectivity index (χ0) is 17.1. The van der Waals surface area contributed by atoms with E-state index in [0.717, 1.165) is 31.6 Å². The zero-order valence-electron chi connectivity index (χ0n) is 14.5. The number of piperidine rings is 1. The summed E-state index contributed by atoms with van der Waals surface area (Å²) < 4.78 is 3.97. The van der Waals surface area contributed by atoms with Crippen LogP contribution < -0.4 is 10.6 Å². The molecule has 0 bridgehead atoms. The van der Waals surface area contributed by atoms with Gasteiger partial charge in [-0.25, -0.2) is 0 Å². The molecule has 2 aromatic rings. The van der Waals surface area contributed by atoms with Gasteiger partial charge in [0.05, 0.1) is 24.3 Å². The summed E-state index contributed by atoms with van der Waals surface area (Å²) in [5, 5.41) is 15.4. The molecule has 2 N–H and O–H groups in total. The molecule has 25 heavy (non-hydrogen) atoms. The summed E-state index contributed by atoms with van der Waals surface area (Å²) in [4.78, 5) is 12.3. The maximum Gasteiger partial charge on any atom is 0.272 e. The Morgan fingerprint density at radius 3 is 2.64 bits per heavy atom. The predicted molar refractivity (Wildman–Crippen MR) is 94.3 cm³/mol. The van der Waals surface area contributed by atoms with Crippen molar-refractivity contribution in [3.8, 4) is 0 Å². The lowest BCUT2D eigenvalue weighted by atomic mass is 10.1.